The molecule has 0 spiro atoms. The fourth-order valence-electron chi connectivity index (χ4n) is 2.15. The number of carbonyl (C=O) groups excluding carboxylic acids is 1. The lowest BCUT2D eigenvalue weighted by Crippen LogP contribution is -2.11. The van der Waals surface area contributed by atoms with Crippen molar-refractivity contribution in [1.82, 2.24) is 34.8 Å². The molecule has 3 rings (SSSR count). The number of carbonyl (C=O) groups is 1. The molecule has 0 fully saturated rings. The second-order valence-corrected chi connectivity index (χ2v) is 4.74. The molecule has 0 aliphatic rings. The van der Waals surface area contributed by atoms with Crippen LogP contribution in [0.5, 0.6) is 0 Å². The van der Waals surface area contributed by atoms with Crippen molar-refractivity contribution in [3.8, 4) is 0 Å². The summed E-state index contributed by atoms with van der Waals surface area (Å²) in [5, 5.41) is 15.5. The van der Waals surface area contributed by atoms with E-state index in [1.807, 2.05) is 6.92 Å². The highest BCUT2D eigenvalue weighted by molar-refractivity contribution is 5.97. The van der Waals surface area contributed by atoms with Crippen LogP contribution in [-0.2, 0) is 17.9 Å². The summed E-state index contributed by atoms with van der Waals surface area (Å²) in [6, 6.07) is 1.74. The zero-order valence-electron chi connectivity index (χ0n) is 12.3. The Hall–Kier alpha value is -2.84. The molecule has 9 heteroatoms. The number of aromatic nitrogens is 7. The fourth-order valence-corrected chi connectivity index (χ4v) is 2.15. The van der Waals surface area contributed by atoms with E-state index in [4.69, 9.17) is 4.74 Å². The first-order valence-corrected chi connectivity index (χ1v) is 6.92. The summed E-state index contributed by atoms with van der Waals surface area (Å²) in [4.78, 5) is 16.5. The van der Waals surface area contributed by atoms with E-state index in [9.17, 15) is 4.79 Å². The van der Waals surface area contributed by atoms with Crippen molar-refractivity contribution in [3.63, 3.8) is 0 Å². The third kappa shape index (κ3) is 2.52. The lowest BCUT2D eigenvalue weighted by Gasteiger charge is -2.04. The van der Waals surface area contributed by atoms with E-state index in [0.29, 0.717) is 29.3 Å². The summed E-state index contributed by atoms with van der Waals surface area (Å²) < 4.78 is 8.48. The molecule has 0 N–H and O–H groups in total. The van der Waals surface area contributed by atoms with E-state index in [1.54, 1.807) is 34.6 Å². The van der Waals surface area contributed by atoms with Crippen molar-refractivity contribution < 1.29 is 9.53 Å². The third-order valence-electron chi connectivity index (χ3n) is 3.15. The monoisotopic (exact) mass is 301 g/mol. The molecule has 0 aliphatic heterocycles. The highest BCUT2D eigenvalue weighted by Crippen LogP contribution is 2.14. The van der Waals surface area contributed by atoms with Gasteiger partial charge < -0.3 is 4.74 Å². The van der Waals surface area contributed by atoms with E-state index in [1.165, 1.54) is 0 Å². The van der Waals surface area contributed by atoms with Crippen LogP contribution in [0.3, 0.4) is 0 Å². The van der Waals surface area contributed by atoms with Gasteiger partial charge in [0, 0.05) is 18.9 Å². The maximum absolute atomic E-state index is 12.3. The molecule has 114 valence electrons. The molecule has 0 unspecified atom stereocenters. The fraction of sp³-hybridized carbons (Fsp3) is 0.385. The SMILES string of the molecule is CCCn1nnnc1COC(=O)c1c(C)nn2cccnc12. The quantitative estimate of drug-likeness (QED) is 0.642. The highest BCUT2D eigenvalue weighted by atomic mass is 16.5. The molecule has 22 heavy (non-hydrogen) atoms. The minimum Gasteiger partial charge on any atom is -0.454 e. The summed E-state index contributed by atoms with van der Waals surface area (Å²) in [6.45, 7) is 4.45. The molecule has 3 aromatic heterocycles. The first kappa shape index (κ1) is 14.1. The molecule has 3 aromatic rings. The number of hydrogen-bond donors (Lipinski definition) is 0. The minimum atomic E-state index is -0.489. The van der Waals surface area contributed by atoms with Gasteiger partial charge in [-0.05, 0) is 29.8 Å². The lowest BCUT2D eigenvalue weighted by molar-refractivity contribution is 0.0457. The molecule has 0 saturated carbocycles. The van der Waals surface area contributed by atoms with Crippen LogP contribution in [0.2, 0.25) is 0 Å². The third-order valence-corrected chi connectivity index (χ3v) is 3.15. The van der Waals surface area contributed by atoms with Crippen LogP contribution in [0.4, 0.5) is 0 Å². The second-order valence-electron chi connectivity index (χ2n) is 4.74. The van der Waals surface area contributed by atoms with Gasteiger partial charge in [-0.2, -0.15) is 5.10 Å². The van der Waals surface area contributed by atoms with Gasteiger partial charge >= 0.3 is 5.97 Å². The average molecular weight is 301 g/mol. The van der Waals surface area contributed by atoms with Crippen molar-refractivity contribution in [1.29, 1.82) is 0 Å². The predicted octanol–water partition coefficient (Wildman–Crippen LogP) is 0.791. The predicted molar refractivity (Wildman–Crippen MR) is 75.0 cm³/mol. The summed E-state index contributed by atoms with van der Waals surface area (Å²) in [6.07, 6.45) is 4.23. The molecule has 0 atom stereocenters. The van der Waals surface area contributed by atoms with E-state index in [2.05, 4.69) is 25.6 Å². The van der Waals surface area contributed by atoms with Crippen LogP contribution >= 0.6 is 0 Å². The molecular weight excluding hydrogens is 286 g/mol. The zero-order chi connectivity index (χ0) is 15.5. The van der Waals surface area contributed by atoms with Gasteiger partial charge in [0.2, 0.25) is 0 Å². The molecule has 0 saturated heterocycles. The van der Waals surface area contributed by atoms with Crippen LogP contribution < -0.4 is 0 Å². The molecule has 3 heterocycles. The van der Waals surface area contributed by atoms with Crippen molar-refractivity contribution in [2.75, 3.05) is 0 Å². The molecule has 0 aromatic carbocycles. The Bertz CT molecular complexity index is 808. The van der Waals surface area contributed by atoms with Gasteiger partial charge in [0.05, 0.1) is 5.69 Å². The van der Waals surface area contributed by atoms with E-state index < -0.39 is 5.97 Å². The molecular formula is C13H15N7O2. The smallest absolute Gasteiger partial charge is 0.344 e. The van der Waals surface area contributed by atoms with Gasteiger partial charge in [0.25, 0.3) is 0 Å². The Labute approximate surface area is 125 Å². The maximum atomic E-state index is 12.3. The van der Waals surface area contributed by atoms with Crippen LogP contribution in [0, 0.1) is 6.92 Å². The summed E-state index contributed by atoms with van der Waals surface area (Å²) >= 11 is 0. The van der Waals surface area contributed by atoms with Crippen LogP contribution in [0.25, 0.3) is 5.65 Å². The Kier molecular flexibility index (Phi) is 3.77. The molecule has 0 bridgehead atoms. The van der Waals surface area contributed by atoms with E-state index in [-0.39, 0.29) is 6.61 Å². The Morgan fingerprint density at radius 2 is 2.27 bits per heavy atom. The molecule has 0 amide bonds. The van der Waals surface area contributed by atoms with Gasteiger partial charge in [-0.1, -0.05) is 6.92 Å². The van der Waals surface area contributed by atoms with Crippen molar-refractivity contribution in [2.45, 2.75) is 33.4 Å². The van der Waals surface area contributed by atoms with Gasteiger partial charge in [-0.3, -0.25) is 0 Å². The summed E-state index contributed by atoms with van der Waals surface area (Å²) in [5.74, 6) is 0.0227. The number of ether oxygens (including phenoxy) is 1. The number of hydrogen-bond acceptors (Lipinski definition) is 7. The van der Waals surface area contributed by atoms with Crippen LogP contribution in [0.1, 0.15) is 35.2 Å². The molecule has 0 radical (unpaired) electrons. The standard InChI is InChI=1S/C13H15N7O2/c1-3-6-19-10(15-17-18-19)8-22-13(21)11-9(2)16-20-7-4-5-14-12(11)20/h4-5,7H,3,6,8H2,1-2H3. The maximum Gasteiger partial charge on any atom is 0.344 e. The van der Waals surface area contributed by atoms with Gasteiger partial charge in [0.1, 0.15) is 5.56 Å². The first-order chi connectivity index (χ1) is 10.7. The topological polar surface area (TPSA) is 100 Å². The van der Waals surface area contributed by atoms with Crippen LogP contribution in [-0.4, -0.2) is 40.8 Å². The van der Waals surface area contributed by atoms with Crippen LogP contribution in [0.15, 0.2) is 18.5 Å². The van der Waals surface area contributed by atoms with E-state index >= 15 is 0 Å². The zero-order valence-corrected chi connectivity index (χ0v) is 12.3. The molecule has 0 aliphatic carbocycles. The number of esters is 1. The Morgan fingerprint density at radius 1 is 1.41 bits per heavy atom. The van der Waals surface area contributed by atoms with Crippen molar-refractivity contribution in [3.05, 3.63) is 35.5 Å². The molecule has 9 nitrogen and oxygen atoms in total. The number of nitrogens with zero attached hydrogens (tertiary/aromatic N) is 7. The highest BCUT2D eigenvalue weighted by Gasteiger charge is 2.20. The van der Waals surface area contributed by atoms with Gasteiger partial charge in [0.15, 0.2) is 18.1 Å². The minimum absolute atomic E-state index is 0.00937. The summed E-state index contributed by atoms with van der Waals surface area (Å²) in [7, 11) is 0. The first-order valence-electron chi connectivity index (χ1n) is 6.92. The second kappa shape index (κ2) is 5.88. The van der Waals surface area contributed by atoms with E-state index in [0.717, 1.165) is 6.42 Å². The Morgan fingerprint density at radius 3 is 3.09 bits per heavy atom. The largest absolute Gasteiger partial charge is 0.454 e. The number of fused-ring (bicyclic) bond motifs is 1. The van der Waals surface area contributed by atoms with Crippen molar-refractivity contribution in [2.24, 2.45) is 0 Å². The number of tetrazole rings is 1. The van der Waals surface area contributed by atoms with Gasteiger partial charge in [-0.25, -0.2) is 19.0 Å². The summed E-state index contributed by atoms with van der Waals surface area (Å²) in [5.41, 5.74) is 1.39. The average Bonchev–Trinajstić information content (AvgIpc) is 3.08. The normalized spacial score (nSPS) is 11.0. The number of rotatable bonds is 5. The van der Waals surface area contributed by atoms with Crippen molar-refractivity contribution >= 4 is 11.6 Å². The lowest BCUT2D eigenvalue weighted by atomic mass is 10.2. The number of aryl methyl sites for hydroxylation is 2. The Balaban J connectivity index is 1.79. The van der Waals surface area contributed by atoms with Gasteiger partial charge in [-0.15, -0.1) is 5.10 Å².